The minimum absolute atomic E-state index is 0.0000101. The maximum atomic E-state index is 14.6. The summed E-state index contributed by atoms with van der Waals surface area (Å²) in [4.78, 5) is 113. The van der Waals surface area contributed by atoms with Gasteiger partial charge >= 0.3 is 5.97 Å². The number of nitrogens with one attached hydrogen (secondary N) is 12. The molecule has 8 atom stereocenters. The monoisotopic (exact) mass is 1100 g/mol. The number of nitrogens with two attached hydrogens (primary N) is 4. The van der Waals surface area contributed by atoms with Gasteiger partial charge < -0.3 is 80.9 Å². The molecule has 7 amide bonds. The minimum atomic E-state index is -1.40. The minimum Gasteiger partial charge on any atom is -0.480 e. The third-order valence-corrected chi connectivity index (χ3v) is 12.8. The summed E-state index contributed by atoms with van der Waals surface area (Å²) in [6.45, 7) is 2.45. The number of hydrogen-bond donors (Lipinski definition) is 19. The molecule has 3 rings (SSSR count). The summed E-state index contributed by atoms with van der Waals surface area (Å²) in [5, 5.41) is 49.2. The fraction of sp³-hybridized carbons (Fsp3) is 0.510. The SMILES string of the molecule is CCCC[C@H](NC(=O)[C@@H](N)CCCNC(=N)N)C(=O)N[C@@H](CS)C(=O)N[C@@H](CCCN)C(=O)N[C@H](Cc1ccccc1)C(=O)N[C@@H](CCCNC(=N)N)C(=O)N[C@@H](Cc1c[nH]c2ccccc12)C(=O)N[C@@H](CS)C(=O)O. The van der Waals surface area contributed by atoms with Gasteiger partial charge in [0, 0.05) is 54.5 Å². The van der Waals surface area contributed by atoms with E-state index in [2.05, 4.69) is 78.1 Å². The Morgan fingerprint density at radius 2 is 1.00 bits per heavy atom. The number of para-hydroxylation sites is 1. The van der Waals surface area contributed by atoms with Gasteiger partial charge in [-0.15, -0.1) is 0 Å². The molecular formula is C49H76N16O9S2. The first kappa shape index (κ1) is 63.2. The smallest absolute Gasteiger partial charge is 0.327 e. The van der Waals surface area contributed by atoms with E-state index in [1.807, 2.05) is 25.1 Å². The maximum absolute atomic E-state index is 14.6. The molecule has 3 aromatic rings. The highest BCUT2D eigenvalue weighted by atomic mass is 32.1. The number of fused-ring (bicyclic) bond motifs is 1. The number of aliphatic carboxylic acids is 1. The topological polar surface area (TPSA) is 433 Å². The molecule has 76 heavy (non-hydrogen) atoms. The molecule has 27 heteroatoms. The zero-order valence-electron chi connectivity index (χ0n) is 42.6. The number of hydrogen-bond acceptors (Lipinski definition) is 14. The highest BCUT2D eigenvalue weighted by Crippen LogP contribution is 2.20. The third kappa shape index (κ3) is 22.0. The average Bonchev–Trinajstić information content (AvgIpc) is 3.80. The van der Waals surface area contributed by atoms with Crippen LogP contribution in [0.5, 0.6) is 0 Å². The van der Waals surface area contributed by atoms with Crippen molar-refractivity contribution in [3.05, 3.63) is 71.9 Å². The lowest BCUT2D eigenvalue weighted by Crippen LogP contribution is -2.61. The summed E-state index contributed by atoms with van der Waals surface area (Å²) in [6, 6.07) is 5.72. The molecule has 1 aromatic heterocycles. The van der Waals surface area contributed by atoms with Crippen LogP contribution in [-0.2, 0) is 51.2 Å². The van der Waals surface area contributed by atoms with Gasteiger partial charge in [-0.05, 0) is 68.7 Å². The summed E-state index contributed by atoms with van der Waals surface area (Å²) < 4.78 is 0. The van der Waals surface area contributed by atoms with Crippen LogP contribution in [0.15, 0.2) is 60.8 Å². The second-order valence-electron chi connectivity index (χ2n) is 18.0. The summed E-state index contributed by atoms with van der Waals surface area (Å²) in [5.41, 5.74) is 24.7. The standard InChI is InChI=1S/C49H76N16O9S2/c1-2-3-16-33(59-40(66)31(51)15-10-21-56-48(52)53)43(69)64-38(26-75)46(72)61-34(18-9-20-50)41(67)62-36(23-28-12-5-4-6-13-28)44(70)60-35(19-11-22-57-49(54)55)42(68)63-37(45(71)65-39(27-76)47(73)74)24-29-25-58-32-17-8-7-14-30(29)32/h4-8,12-14,17,25,31,33-39,58,75-76H,2-3,9-11,15-16,18-24,26-27,50-51H2,1H3,(H,59,66)(H,60,70)(H,61,72)(H,62,67)(H,63,68)(H,64,69)(H,65,71)(H,73,74)(H4,52,53,56)(H4,54,55,57)/t31-,33-,34-,35-,36+,37-,38-,39-/m0/s1. The molecule has 2 aromatic carbocycles. The van der Waals surface area contributed by atoms with Gasteiger partial charge in [0.15, 0.2) is 11.9 Å². The Bertz CT molecular complexity index is 2410. The lowest BCUT2D eigenvalue weighted by atomic mass is 10.0. The van der Waals surface area contributed by atoms with Crippen LogP contribution in [0.3, 0.4) is 0 Å². The van der Waals surface area contributed by atoms with E-state index >= 15 is 0 Å². The van der Waals surface area contributed by atoms with E-state index in [0.29, 0.717) is 36.9 Å². The second-order valence-corrected chi connectivity index (χ2v) is 18.8. The number of carboxylic acids is 1. The van der Waals surface area contributed by atoms with Crippen LogP contribution in [-0.4, -0.2) is 149 Å². The van der Waals surface area contributed by atoms with Gasteiger partial charge in [0.1, 0.15) is 42.3 Å². The molecule has 0 saturated carbocycles. The van der Waals surface area contributed by atoms with E-state index in [-0.39, 0.29) is 87.9 Å². The Hall–Kier alpha value is -7.10. The van der Waals surface area contributed by atoms with Crippen LogP contribution in [0, 0.1) is 10.8 Å². The summed E-state index contributed by atoms with van der Waals surface area (Å²) >= 11 is 8.38. The number of thiol groups is 2. The van der Waals surface area contributed by atoms with Crippen molar-refractivity contribution in [1.82, 2.24) is 52.8 Å². The van der Waals surface area contributed by atoms with Crippen molar-refractivity contribution >= 4 is 95.4 Å². The maximum Gasteiger partial charge on any atom is 0.327 e. The number of unbranched alkanes of at least 4 members (excludes halogenated alkanes) is 1. The molecular weight excluding hydrogens is 1020 g/mol. The van der Waals surface area contributed by atoms with Gasteiger partial charge in [-0.2, -0.15) is 25.3 Å². The van der Waals surface area contributed by atoms with E-state index < -0.39 is 95.7 Å². The molecule has 0 radical (unpaired) electrons. The van der Waals surface area contributed by atoms with Crippen molar-refractivity contribution in [1.29, 1.82) is 10.8 Å². The van der Waals surface area contributed by atoms with Crippen molar-refractivity contribution in [3.8, 4) is 0 Å². The number of carbonyl (C=O) groups excluding carboxylic acids is 7. The molecule has 0 aliphatic rings. The summed E-state index contributed by atoms with van der Waals surface area (Å²) in [7, 11) is 0. The van der Waals surface area contributed by atoms with Crippen molar-refractivity contribution in [2.45, 2.75) is 126 Å². The highest BCUT2D eigenvalue weighted by Gasteiger charge is 2.34. The van der Waals surface area contributed by atoms with Crippen molar-refractivity contribution < 1.29 is 43.5 Å². The van der Waals surface area contributed by atoms with Crippen LogP contribution in [0.1, 0.15) is 75.8 Å². The lowest BCUT2D eigenvalue weighted by Gasteiger charge is -2.28. The van der Waals surface area contributed by atoms with Gasteiger partial charge in [0.25, 0.3) is 0 Å². The van der Waals surface area contributed by atoms with E-state index in [0.717, 1.165) is 10.9 Å². The number of rotatable bonds is 35. The molecule has 0 saturated heterocycles. The Balaban J connectivity index is 1.90. The Morgan fingerprint density at radius 1 is 0.566 bits per heavy atom. The van der Waals surface area contributed by atoms with Gasteiger partial charge in [-0.1, -0.05) is 68.3 Å². The van der Waals surface area contributed by atoms with Crippen LogP contribution < -0.4 is 70.8 Å². The van der Waals surface area contributed by atoms with Gasteiger partial charge in [0.05, 0.1) is 6.04 Å². The Labute approximate surface area is 452 Å². The molecule has 25 nitrogen and oxygen atoms in total. The first-order valence-electron chi connectivity index (χ1n) is 25.1. The average molecular weight is 1100 g/mol. The fourth-order valence-electron chi connectivity index (χ4n) is 7.82. The van der Waals surface area contributed by atoms with E-state index in [9.17, 15) is 43.5 Å². The number of carbonyl (C=O) groups is 8. The molecule has 21 N–H and O–H groups in total. The normalized spacial score (nSPS) is 14.2. The number of benzene rings is 2. The van der Waals surface area contributed by atoms with Crippen LogP contribution in [0.25, 0.3) is 10.9 Å². The quantitative estimate of drug-likeness (QED) is 0.0132. The van der Waals surface area contributed by atoms with Crippen LogP contribution in [0.4, 0.5) is 0 Å². The molecule has 1 heterocycles. The molecule has 0 aliphatic carbocycles. The molecule has 0 aliphatic heterocycles. The van der Waals surface area contributed by atoms with Crippen LogP contribution in [0.2, 0.25) is 0 Å². The summed E-state index contributed by atoms with van der Waals surface area (Å²) in [6.07, 6.45) is 3.93. The van der Waals surface area contributed by atoms with E-state index in [1.54, 1.807) is 42.6 Å². The van der Waals surface area contributed by atoms with Crippen molar-refractivity contribution in [3.63, 3.8) is 0 Å². The highest BCUT2D eigenvalue weighted by molar-refractivity contribution is 7.80. The number of carboxylic acid groups (broad SMARTS) is 1. The molecule has 0 unspecified atom stereocenters. The van der Waals surface area contributed by atoms with Crippen molar-refractivity contribution in [2.75, 3.05) is 31.1 Å². The first-order valence-corrected chi connectivity index (χ1v) is 26.4. The Morgan fingerprint density at radius 3 is 1.53 bits per heavy atom. The predicted octanol–water partition coefficient (Wildman–Crippen LogP) is -1.93. The fourth-order valence-corrected chi connectivity index (χ4v) is 8.33. The van der Waals surface area contributed by atoms with Crippen LogP contribution >= 0.6 is 25.3 Å². The van der Waals surface area contributed by atoms with E-state index in [1.165, 1.54) is 0 Å². The number of H-pyrrole nitrogens is 1. The van der Waals surface area contributed by atoms with Gasteiger partial charge in [0.2, 0.25) is 41.4 Å². The number of aromatic nitrogens is 1. The predicted molar refractivity (Wildman–Crippen MR) is 295 cm³/mol. The largest absolute Gasteiger partial charge is 0.480 e. The molecule has 0 fully saturated rings. The number of amides is 7. The van der Waals surface area contributed by atoms with Crippen molar-refractivity contribution in [2.24, 2.45) is 22.9 Å². The molecule has 418 valence electrons. The molecule has 0 spiro atoms. The van der Waals surface area contributed by atoms with E-state index in [4.69, 9.17) is 33.8 Å². The third-order valence-electron chi connectivity index (χ3n) is 12.0. The molecule has 0 bridgehead atoms. The van der Waals surface area contributed by atoms with Gasteiger partial charge in [-0.25, -0.2) is 4.79 Å². The second kappa shape index (κ2) is 33.7. The number of guanidine groups is 2. The van der Waals surface area contributed by atoms with Gasteiger partial charge in [-0.3, -0.25) is 44.4 Å². The first-order chi connectivity index (χ1) is 36.3. The zero-order chi connectivity index (χ0) is 56.2. The zero-order valence-corrected chi connectivity index (χ0v) is 44.4. The number of aromatic amines is 1. The Kier molecular flexibility index (Phi) is 28.1. The lowest BCUT2D eigenvalue weighted by molar-refractivity contribution is -0.141. The summed E-state index contributed by atoms with van der Waals surface area (Å²) in [5.74, 6) is -7.76.